The molecule has 3 aliphatic carbocycles. The Morgan fingerprint density at radius 1 is 0.311 bits per heavy atom. The lowest BCUT2D eigenvalue weighted by Crippen LogP contribution is -2.64. The van der Waals surface area contributed by atoms with Crippen molar-refractivity contribution in [3.05, 3.63) is 64.8 Å². The van der Waals surface area contributed by atoms with Crippen LogP contribution in [0.3, 0.4) is 0 Å². The van der Waals surface area contributed by atoms with Crippen molar-refractivity contribution in [1.82, 2.24) is 0 Å². The van der Waals surface area contributed by atoms with Crippen LogP contribution in [0, 0.1) is 0 Å². The van der Waals surface area contributed by atoms with Gasteiger partial charge in [-0.05, 0) is 6.92 Å². The molecule has 3 aliphatic rings. The van der Waals surface area contributed by atoms with Crippen LogP contribution in [0.2, 0.25) is 0 Å². The van der Waals surface area contributed by atoms with E-state index in [2.05, 4.69) is 0 Å². The number of hydrogen-bond acceptors (Lipinski definition) is 0. The van der Waals surface area contributed by atoms with Crippen molar-refractivity contribution in [1.29, 1.82) is 0 Å². The van der Waals surface area contributed by atoms with Crippen LogP contribution in [0.1, 0.15) is 6.92 Å². The van der Waals surface area contributed by atoms with E-state index in [1.54, 1.807) is 0 Å². The Morgan fingerprint density at radius 3 is 0.644 bits per heavy atom. The highest BCUT2D eigenvalue weighted by molar-refractivity contribution is 5.93. The Balaban J connectivity index is 2.64. The summed E-state index contributed by atoms with van der Waals surface area (Å²) in [4.78, 5) is 0. The Morgan fingerprint density at radius 2 is 0.489 bits per heavy atom. The fourth-order valence-electron chi connectivity index (χ4n) is 4.90. The third-order valence-corrected chi connectivity index (χ3v) is 6.57. The van der Waals surface area contributed by atoms with Crippen molar-refractivity contribution in [2.45, 2.75) is 37.8 Å². The molecular formula is C24H3F21. The zero-order valence-corrected chi connectivity index (χ0v) is 20.4. The van der Waals surface area contributed by atoms with E-state index < -0.39 is 131 Å². The first-order valence-electron chi connectivity index (χ1n) is 11.0. The SMILES string of the molecule is CC(=C1C(F)=c2c(c3c(c4c2=C(F)C(=C(C(F)(F)F)C(F)(F)F)C=4F)=C(F)C(=C(C(F)(F)F)C(F)(F)F)C=3F)=C1F)C(F)(F)F. The van der Waals surface area contributed by atoms with Crippen LogP contribution in [0.5, 0.6) is 0 Å². The lowest BCUT2D eigenvalue weighted by atomic mass is 10.1. The minimum Gasteiger partial charge on any atom is -0.206 e. The maximum absolute atomic E-state index is 15.4. The van der Waals surface area contributed by atoms with E-state index in [9.17, 15) is 65.9 Å². The van der Waals surface area contributed by atoms with Gasteiger partial charge in [-0.3, -0.25) is 0 Å². The summed E-state index contributed by atoms with van der Waals surface area (Å²) in [7, 11) is 0. The van der Waals surface area contributed by atoms with Crippen LogP contribution in [-0.2, 0) is 0 Å². The molecule has 0 nitrogen and oxygen atoms in total. The molecule has 1 aromatic carbocycles. The summed E-state index contributed by atoms with van der Waals surface area (Å²) < 4.78 is 293. The van der Waals surface area contributed by atoms with Gasteiger partial charge in [-0.15, -0.1) is 0 Å². The van der Waals surface area contributed by atoms with E-state index in [-0.39, 0.29) is 6.92 Å². The highest BCUT2D eigenvalue weighted by atomic mass is 19.4. The van der Waals surface area contributed by atoms with Crippen molar-refractivity contribution >= 4 is 35.0 Å². The monoisotopic (exact) mass is 690 g/mol. The first-order valence-corrected chi connectivity index (χ1v) is 11.0. The van der Waals surface area contributed by atoms with Gasteiger partial charge in [0.05, 0.1) is 16.7 Å². The van der Waals surface area contributed by atoms with Crippen LogP contribution in [-0.4, -0.2) is 30.9 Å². The molecule has 1 aromatic rings. The van der Waals surface area contributed by atoms with Gasteiger partial charge >= 0.3 is 30.9 Å². The van der Waals surface area contributed by atoms with Gasteiger partial charge in [0.2, 0.25) is 0 Å². The molecule has 0 unspecified atom stereocenters. The van der Waals surface area contributed by atoms with Gasteiger partial charge in [0.1, 0.15) is 46.1 Å². The fourth-order valence-corrected chi connectivity index (χ4v) is 4.90. The summed E-state index contributed by atoms with van der Waals surface area (Å²) in [5, 5.41) is -14.9. The van der Waals surface area contributed by atoms with Crippen molar-refractivity contribution in [2.24, 2.45) is 0 Å². The third-order valence-electron chi connectivity index (χ3n) is 6.57. The van der Waals surface area contributed by atoms with Crippen LogP contribution < -0.4 is 31.3 Å². The molecule has 0 radical (unpaired) electrons. The average Bonchev–Trinajstić information content (AvgIpc) is 3.31. The molecule has 246 valence electrons. The molecular weight excluding hydrogens is 687 g/mol. The van der Waals surface area contributed by atoms with Gasteiger partial charge in [0, 0.05) is 36.9 Å². The predicted molar refractivity (Wildman–Crippen MR) is 108 cm³/mol. The maximum Gasteiger partial charge on any atom is 0.422 e. The van der Waals surface area contributed by atoms with Crippen LogP contribution in [0.25, 0.3) is 35.0 Å². The topological polar surface area (TPSA) is 0 Å². The van der Waals surface area contributed by atoms with Gasteiger partial charge in [-0.2, -0.15) is 65.9 Å². The van der Waals surface area contributed by atoms with Gasteiger partial charge in [0.25, 0.3) is 0 Å². The summed E-state index contributed by atoms with van der Waals surface area (Å²) in [5.41, 5.74) is -19.8. The number of fused-ring (bicyclic) bond motifs is 6. The smallest absolute Gasteiger partial charge is 0.206 e. The highest BCUT2D eigenvalue weighted by Crippen LogP contribution is 2.47. The van der Waals surface area contributed by atoms with Crippen LogP contribution in [0.4, 0.5) is 92.2 Å². The second-order valence-electron chi connectivity index (χ2n) is 9.12. The fraction of sp³-hybridized carbons (Fsp3) is 0.250. The van der Waals surface area contributed by atoms with Crippen molar-refractivity contribution in [3.63, 3.8) is 0 Å². The standard InChI is InChI=1S/C24H3F21/c1-2(20(31,32)33)3-12(25)4-5(13(3)26)7-9(17(30)11(15(7)28)19(23(40,41)42)24(43,44)45)8-6(4)14(27)10(16(8)29)18(21(34,35)36)22(37,38)39/h1H3. The van der Waals surface area contributed by atoms with E-state index in [1.165, 1.54) is 0 Å². The van der Waals surface area contributed by atoms with E-state index in [0.29, 0.717) is 0 Å². The Hall–Kier alpha value is -3.81. The quantitative estimate of drug-likeness (QED) is 0.297. The largest absolute Gasteiger partial charge is 0.422 e. The minimum absolute atomic E-state index is 0.159. The zero-order chi connectivity index (χ0) is 34.9. The van der Waals surface area contributed by atoms with Crippen molar-refractivity contribution < 1.29 is 92.2 Å². The Kier molecular flexibility index (Phi) is 7.27. The molecule has 0 bridgehead atoms. The highest BCUT2D eigenvalue weighted by Gasteiger charge is 2.57. The number of rotatable bonds is 0. The summed E-state index contributed by atoms with van der Waals surface area (Å²) >= 11 is 0. The molecule has 0 aromatic heterocycles. The summed E-state index contributed by atoms with van der Waals surface area (Å²) in [6, 6.07) is 0. The number of hydrogen-bond donors (Lipinski definition) is 0. The second-order valence-corrected chi connectivity index (χ2v) is 9.12. The second kappa shape index (κ2) is 9.60. The molecule has 0 aliphatic heterocycles. The maximum atomic E-state index is 15.4. The molecule has 0 N–H and O–H groups in total. The lowest BCUT2D eigenvalue weighted by Gasteiger charge is -2.17. The number of benzene rings is 1. The Labute approximate surface area is 230 Å². The van der Waals surface area contributed by atoms with Gasteiger partial charge < -0.3 is 0 Å². The summed E-state index contributed by atoms with van der Waals surface area (Å²) in [5.74, 6) is -18.9. The average molecular weight is 690 g/mol. The lowest BCUT2D eigenvalue weighted by molar-refractivity contribution is -0.174. The predicted octanol–water partition coefficient (Wildman–Crippen LogP) is 5.91. The van der Waals surface area contributed by atoms with Crippen LogP contribution >= 0.6 is 0 Å². The summed E-state index contributed by atoms with van der Waals surface area (Å²) in [6.07, 6.45) is -33.2. The number of halogens is 21. The van der Waals surface area contributed by atoms with Gasteiger partial charge in [0.15, 0.2) is 0 Å². The molecule has 0 saturated carbocycles. The molecule has 0 amide bonds. The van der Waals surface area contributed by atoms with E-state index >= 15 is 26.3 Å². The van der Waals surface area contributed by atoms with Gasteiger partial charge in [-0.1, -0.05) is 0 Å². The van der Waals surface area contributed by atoms with Gasteiger partial charge in [-0.25, -0.2) is 26.3 Å². The first-order chi connectivity index (χ1) is 20.0. The zero-order valence-electron chi connectivity index (χ0n) is 20.4. The molecule has 0 fully saturated rings. The number of allylic oxidation sites excluding steroid dienone is 6. The van der Waals surface area contributed by atoms with E-state index in [1.807, 2.05) is 0 Å². The first kappa shape index (κ1) is 34.1. The molecule has 0 spiro atoms. The van der Waals surface area contributed by atoms with Crippen LogP contribution in [0.15, 0.2) is 33.4 Å². The van der Waals surface area contributed by atoms with E-state index in [0.717, 1.165) is 0 Å². The molecule has 0 saturated heterocycles. The number of alkyl halides is 15. The van der Waals surface area contributed by atoms with Crippen molar-refractivity contribution in [3.8, 4) is 0 Å². The summed E-state index contributed by atoms with van der Waals surface area (Å²) in [6.45, 7) is -0.159. The normalized spacial score (nSPS) is 17.6. The molecule has 45 heavy (non-hydrogen) atoms. The van der Waals surface area contributed by atoms with E-state index in [4.69, 9.17) is 0 Å². The Bertz CT molecular complexity index is 1890. The molecule has 21 heteroatoms. The molecule has 0 atom stereocenters. The third kappa shape index (κ3) is 4.83. The molecule has 0 heterocycles. The van der Waals surface area contributed by atoms with Crippen molar-refractivity contribution in [2.75, 3.05) is 0 Å². The minimum atomic E-state index is -6.83. The molecule has 4 rings (SSSR count).